The van der Waals surface area contributed by atoms with Crippen molar-refractivity contribution in [1.29, 1.82) is 0 Å². The summed E-state index contributed by atoms with van der Waals surface area (Å²) in [6.45, 7) is 3.34. The number of nitrogens with zero attached hydrogens (tertiary/aromatic N) is 1. The highest BCUT2D eigenvalue weighted by Crippen LogP contribution is 2.58. The molecule has 0 aliphatic heterocycles. The second-order valence-electron chi connectivity index (χ2n) is 8.05. The number of rotatable bonds is 5. The summed E-state index contributed by atoms with van der Waals surface area (Å²) in [5.74, 6) is 0.171. The third kappa shape index (κ3) is 3.26. The number of benzene rings is 2. The standard InChI is InChI=1S/C22H21F3N2O3/c1-20(2,28)7-8-30-14-9-16(13-11-26-27-12-13)19-15-5-3-4-6-17(15)21(29,18(19)10-14)22(23,24)25/h3-6,9-12,28-29H,7-8H2,1-2H3,(H,26,27)/t21-/m1/s1. The van der Waals surface area contributed by atoms with Crippen molar-refractivity contribution in [1.82, 2.24) is 10.2 Å². The fraction of sp³-hybridized carbons (Fsp3) is 0.318. The van der Waals surface area contributed by atoms with Gasteiger partial charge in [-0.05, 0) is 42.7 Å². The largest absolute Gasteiger partial charge is 0.493 e. The molecular weight excluding hydrogens is 397 g/mol. The number of hydrogen-bond acceptors (Lipinski definition) is 4. The predicted molar refractivity (Wildman–Crippen MR) is 105 cm³/mol. The Labute approximate surface area is 171 Å². The summed E-state index contributed by atoms with van der Waals surface area (Å²) in [7, 11) is 0. The van der Waals surface area contributed by atoms with Crippen LogP contribution in [0.15, 0.2) is 48.8 Å². The smallest absolute Gasteiger partial charge is 0.425 e. The van der Waals surface area contributed by atoms with Gasteiger partial charge in [-0.3, -0.25) is 5.10 Å². The van der Waals surface area contributed by atoms with Crippen LogP contribution in [0, 0.1) is 0 Å². The van der Waals surface area contributed by atoms with E-state index >= 15 is 0 Å². The molecule has 5 nitrogen and oxygen atoms in total. The van der Waals surface area contributed by atoms with Gasteiger partial charge in [0.2, 0.25) is 5.60 Å². The van der Waals surface area contributed by atoms with Crippen LogP contribution in [-0.2, 0) is 5.60 Å². The highest BCUT2D eigenvalue weighted by Gasteiger charge is 2.61. The normalized spacial score (nSPS) is 18.2. The van der Waals surface area contributed by atoms with Gasteiger partial charge in [0, 0.05) is 29.3 Å². The second-order valence-corrected chi connectivity index (χ2v) is 8.05. The van der Waals surface area contributed by atoms with Gasteiger partial charge in [0.05, 0.1) is 18.4 Å². The Morgan fingerprint density at radius 3 is 2.47 bits per heavy atom. The number of ether oxygens (including phenoxy) is 1. The predicted octanol–water partition coefficient (Wildman–Crippen LogP) is 4.40. The van der Waals surface area contributed by atoms with Gasteiger partial charge in [-0.1, -0.05) is 24.3 Å². The van der Waals surface area contributed by atoms with Gasteiger partial charge in [-0.15, -0.1) is 0 Å². The molecule has 1 atom stereocenters. The highest BCUT2D eigenvalue weighted by molar-refractivity contribution is 5.93. The minimum absolute atomic E-state index is 0.102. The van der Waals surface area contributed by atoms with E-state index in [0.717, 1.165) is 0 Å². The Hall–Kier alpha value is -2.84. The number of alkyl halides is 3. The third-order valence-electron chi connectivity index (χ3n) is 5.29. The topological polar surface area (TPSA) is 78.4 Å². The summed E-state index contributed by atoms with van der Waals surface area (Å²) >= 11 is 0. The first kappa shape index (κ1) is 20.4. The number of aliphatic hydroxyl groups is 2. The van der Waals surface area contributed by atoms with Crippen LogP contribution in [-0.4, -0.2) is 38.8 Å². The molecule has 0 spiro atoms. The molecule has 1 aliphatic rings. The maximum absolute atomic E-state index is 14.2. The van der Waals surface area contributed by atoms with Crippen molar-refractivity contribution in [2.24, 2.45) is 0 Å². The molecule has 4 rings (SSSR count). The molecule has 3 N–H and O–H groups in total. The average molecular weight is 418 g/mol. The molecule has 1 heterocycles. The molecule has 158 valence electrons. The SMILES string of the molecule is CC(C)(O)CCOc1cc(-c2cn[nH]c2)c2c(c1)[C@@](O)(C(F)(F)F)c1ccccc1-2. The minimum Gasteiger partial charge on any atom is -0.493 e. The van der Waals surface area contributed by atoms with E-state index in [1.807, 2.05) is 0 Å². The Bertz CT molecular complexity index is 1070. The van der Waals surface area contributed by atoms with Crippen LogP contribution >= 0.6 is 0 Å². The summed E-state index contributed by atoms with van der Waals surface area (Å²) in [5.41, 5.74) is -3.00. The van der Waals surface area contributed by atoms with E-state index in [0.29, 0.717) is 22.3 Å². The number of hydrogen-bond donors (Lipinski definition) is 3. The zero-order chi connectivity index (χ0) is 21.7. The molecule has 0 amide bonds. The Kier molecular flexibility index (Phi) is 4.67. The van der Waals surface area contributed by atoms with Gasteiger partial charge in [0.15, 0.2) is 0 Å². The number of aromatic nitrogens is 2. The molecule has 2 aromatic carbocycles. The van der Waals surface area contributed by atoms with Crippen LogP contribution in [0.25, 0.3) is 22.3 Å². The molecule has 1 aromatic heterocycles. The van der Waals surface area contributed by atoms with Crippen LogP contribution < -0.4 is 4.74 Å². The number of aromatic amines is 1. The molecule has 8 heteroatoms. The summed E-state index contributed by atoms with van der Waals surface area (Å²) in [6.07, 6.45) is -1.57. The lowest BCUT2D eigenvalue weighted by molar-refractivity contribution is -0.246. The van der Waals surface area contributed by atoms with E-state index in [-0.39, 0.29) is 29.9 Å². The molecule has 1 aliphatic carbocycles. The molecule has 0 saturated carbocycles. The maximum atomic E-state index is 14.2. The van der Waals surface area contributed by atoms with E-state index in [4.69, 9.17) is 4.74 Å². The van der Waals surface area contributed by atoms with Crippen LogP contribution in [0.4, 0.5) is 13.2 Å². The zero-order valence-electron chi connectivity index (χ0n) is 16.4. The molecular formula is C22H21F3N2O3. The molecule has 0 unspecified atom stereocenters. The minimum atomic E-state index is -4.94. The Morgan fingerprint density at radius 1 is 1.10 bits per heavy atom. The van der Waals surface area contributed by atoms with Gasteiger partial charge in [0.25, 0.3) is 0 Å². The molecule has 30 heavy (non-hydrogen) atoms. The van der Waals surface area contributed by atoms with Crippen molar-refractivity contribution in [3.05, 3.63) is 59.9 Å². The molecule has 0 fully saturated rings. The third-order valence-corrected chi connectivity index (χ3v) is 5.29. The van der Waals surface area contributed by atoms with Crippen molar-refractivity contribution in [3.63, 3.8) is 0 Å². The summed E-state index contributed by atoms with van der Waals surface area (Å²) in [6, 6.07) is 8.83. The van der Waals surface area contributed by atoms with E-state index in [2.05, 4.69) is 10.2 Å². The summed E-state index contributed by atoms with van der Waals surface area (Å²) < 4.78 is 48.2. The fourth-order valence-electron chi connectivity index (χ4n) is 3.79. The van der Waals surface area contributed by atoms with Crippen LogP contribution in [0.5, 0.6) is 5.75 Å². The van der Waals surface area contributed by atoms with E-state index < -0.39 is 17.4 Å². The highest BCUT2D eigenvalue weighted by atomic mass is 19.4. The van der Waals surface area contributed by atoms with Crippen molar-refractivity contribution in [2.45, 2.75) is 37.6 Å². The fourth-order valence-corrected chi connectivity index (χ4v) is 3.79. The number of fused-ring (bicyclic) bond motifs is 3. The number of nitrogens with one attached hydrogen (secondary N) is 1. The van der Waals surface area contributed by atoms with Gasteiger partial charge in [-0.2, -0.15) is 18.3 Å². The lowest BCUT2D eigenvalue weighted by atomic mass is 9.89. The summed E-state index contributed by atoms with van der Waals surface area (Å²) in [5, 5.41) is 27.4. The van der Waals surface area contributed by atoms with E-state index in [1.54, 1.807) is 38.2 Å². The molecule has 0 bridgehead atoms. The van der Waals surface area contributed by atoms with Gasteiger partial charge >= 0.3 is 6.18 Å². The van der Waals surface area contributed by atoms with Crippen molar-refractivity contribution in [3.8, 4) is 28.0 Å². The Balaban J connectivity index is 1.93. The molecule has 3 aromatic rings. The lowest BCUT2D eigenvalue weighted by Gasteiger charge is -2.29. The monoisotopic (exact) mass is 418 g/mol. The molecule has 0 radical (unpaired) electrons. The first-order chi connectivity index (χ1) is 14.0. The van der Waals surface area contributed by atoms with Crippen molar-refractivity contribution < 1.29 is 28.1 Å². The van der Waals surface area contributed by atoms with Gasteiger partial charge in [-0.25, -0.2) is 0 Å². The first-order valence-corrected chi connectivity index (χ1v) is 9.44. The lowest BCUT2D eigenvalue weighted by Crippen LogP contribution is -2.41. The average Bonchev–Trinajstić information content (AvgIpc) is 3.27. The quantitative estimate of drug-likeness (QED) is 0.574. The van der Waals surface area contributed by atoms with Gasteiger partial charge in [0.1, 0.15) is 5.75 Å². The van der Waals surface area contributed by atoms with E-state index in [9.17, 15) is 23.4 Å². The van der Waals surface area contributed by atoms with Crippen LogP contribution in [0.1, 0.15) is 31.4 Å². The second kappa shape index (κ2) is 6.85. The van der Waals surface area contributed by atoms with E-state index in [1.165, 1.54) is 24.4 Å². The maximum Gasteiger partial charge on any atom is 0.425 e. The number of halogens is 3. The molecule has 0 saturated heterocycles. The number of H-pyrrole nitrogens is 1. The van der Waals surface area contributed by atoms with Crippen molar-refractivity contribution >= 4 is 0 Å². The Morgan fingerprint density at radius 2 is 1.83 bits per heavy atom. The summed E-state index contributed by atoms with van der Waals surface area (Å²) in [4.78, 5) is 0. The van der Waals surface area contributed by atoms with Crippen LogP contribution in [0.3, 0.4) is 0 Å². The van der Waals surface area contributed by atoms with Crippen molar-refractivity contribution in [2.75, 3.05) is 6.61 Å². The van der Waals surface area contributed by atoms with Gasteiger partial charge < -0.3 is 14.9 Å². The van der Waals surface area contributed by atoms with Crippen LogP contribution in [0.2, 0.25) is 0 Å². The zero-order valence-corrected chi connectivity index (χ0v) is 16.4. The first-order valence-electron chi connectivity index (χ1n) is 9.44.